The number of hydrogen-bond donors (Lipinski definition) is 2. The lowest BCUT2D eigenvalue weighted by Crippen LogP contribution is -2.40. The van der Waals surface area contributed by atoms with Gasteiger partial charge in [0.2, 0.25) is 5.91 Å². The van der Waals surface area contributed by atoms with E-state index >= 15 is 0 Å². The van der Waals surface area contributed by atoms with Gasteiger partial charge >= 0.3 is 5.97 Å². The van der Waals surface area contributed by atoms with Crippen LogP contribution in [0.1, 0.15) is 25.7 Å². The van der Waals surface area contributed by atoms with Crippen molar-refractivity contribution < 1.29 is 19.4 Å². The predicted octanol–water partition coefficient (Wildman–Crippen LogP) is 0.880. The fourth-order valence-corrected chi connectivity index (χ4v) is 2.93. The van der Waals surface area contributed by atoms with E-state index in [1.165, 1.54) is 12.8 Å². The standard InChI is InChI=1S/C11H19NO4S/c1-17-11(4-2-3-5-11)8-12-9(13)6-16-7-10(14)15/h2-8H2,1H3,(H,12,13)(H,14,15). The molecule has 0 heterocycles. The Labute approximate surface area is 105 Å². The van der Waals surface area contributed by atoms with Crippen molar-refractivity contribution in [2.24, 2.45) is 0 Å². The summed E-state index contributed by atoms with van der Waals surface area (Å²) >= 11 is 1.80. The van der Waals surface area contributed by atoms with E-state index in [-0.39, 0.29) is 17.3 Å². The lowest BCUT2D eigenvalue weighted by atomic mass is 10.1. The van der Waals surface area contributed by atoms with Gasteiger partial charge in [-0.05, 0) is 19.1 Å². The third-order valence-corrected chi connectivity index (χ3v) is 4.43. The van der Waals surface area contributed by atoms with E-state index < -0.39 is 12.6 Å². The first kappa shape index (κ1) is 14.3. The Morgan fingerprint density at radius 1 is 1.35 bits per heavy atom. The Balaban J connectivity index is 2.20. The Hall–Kier alpha value is -0.750. The van der Waals surface area contributed by atoms with Crippen molar-refractivity contribution >= 4 is 23.6 Å². The number of aliphatic carboxylic acids is 1. The Morgan fingerprint density at radius 2 is 2.00 bits per heavy atom. The van der Waals surface area contributed by atoms with Crippen LogP contribution in [0.3, 0.4) is 0 Å². The molecule has 0 aromatic carbocycles. The summed E-state index contributed by atoms with van der Waals surface area (Å²) in [6.45, 7) is 0.0291. The van der Waals surface area contributed by atoms with Crippen LogP contribution in [0.5, 0.6) is 0 Å². The monoisotopic (exact) mass is 261 g/mol. The summed E-state index contributed by atoms with van der Waals surface area (Å²) in [4.78, 5) is 21.6. The van der Waals surface area contributed by atoms with Gasteiger partial charge in [0.1, 0.15) is 13.2 Å². The van der Waals surface area contributed by atoms with E-state index in [1.54, 1.807) is 11.8 Å². The second-order valence-corrected chi connectivity index (χ2v) is 5.53. The molecule has 2 N–H and O–H groups in total. The molecule has 1 aliphatic rings. The van der Waals surface area contributed by atoms with Gasteiger partial charge < -0.3 is 15.2 Å². The number of hydrogen-bond acceptors (Lipinski definition) is 4. The van der Waals surface area contributed by atoms with Crippen LogP contribution in [0.25, 0.3) is 0 Å². The van der Waals surface area contributed by atoms with Crippen LogP contribution in [0.2, 0.25) is 0 Å². The van der Waals surface area contributed by atoms with Crippen LogP contribution in [-0.2, 0) is 14.3 Å². The van der Waals surface area contributed by atoms with Gasteiger partial charge in [-0.25, -0.2) is 4.79 Å². The van der Waals surface area contributed by atoms with Gasteiger partial charge in [0.05, 0.1) is 0 Å². The molecule has 6 heteroatoms. The zero-order chi connectivity index (χ0) is 12.7. The molecule has 1 amide bonds. The average Bonchev–Trinajstić information content (AvgIpc) is 2.75. The van der Waals surface area contributed by atoms with Gasteiger partial charge in [-0.15, -0.1) is 0 Å². The fraction of sp³-hybridized carbons (Fsp3) is 0.818. The second-order valence-electron chi connectivity index (χ2n) is 4.26. The van der Waals surface area contributed by atoms with Crippen molar-refractivity contribution in [2.45, 2.75) is 30.4 Å². The van der Waals surface area contributed by atoms with Crippen molar-refractivity contribution in [1.82, 2.24) is 5.32 Å². The quantitative estimate of drug-likeness (QED) is 0.711. The zero-order valence-electron chi connectivity index (χ0n) is 10.0. The van der Waals surface area contributed by atoms with Gasteiger partial charge in [0.15, 0.2) is 0 Å². The van der Waals surface area contributed by atoms with E-state index in [9.17, 15) is 9.59 Å². The first-order valence-electron chi connectivity index (χ1n) is 5.69. The molecule has 0 aliphatic heterocycles. The number of carboxylic acid groups (broad SMARTS) is 1. The van der Waals surface area contributed by atoms with Gasteiger partial charge in [-0.3, -0.25) is 4.79 Å². The highest BCUT2D eigenvalue weighted by Gasteiger charge is 2.33. The fourth-order valence-electron chi connectivity index (χ4n) is 2.01. The van der Waals surface area contributed by atoms with Crippen LogP contribution in [0, 0.1) is 0 Å². The molecule has 0 atom stereocenters. The molecule has 0 radical (unpaired) electrons. The van der Waals surface area contributed by atoms with Crippen molar-refractivity contribution in [3.8, 4) is 0 Å². The van der Waals surface area contributed by atoms with Crippen molar-refractivity contribution in [2.75, 3.05) is 26.0 Å². The molecule has 0 spiro atoms. The Bertz CT molecular complexity index is 277. The highest BCUT2D eigenvalue weighted by molar-refractivity contribution is 8.00. The Kier molecular flexibility index (Phi) is 5.77. The van der Waals surface area contributed by atoms with Crippen LogP contribution in [-0.4, -0.2) is 47.7 Å². The Morgan fingerprint density at radius 3 is 2.53 bits per heavy atom. The van der Waals surface area contributed by atoms with E-state index in [2.05, 4.69) is 11.6 Å². The number of thioether (sulfide) groups is 1. The summed E-state index contributed by atoms with van der Waals surface area (Å²) in [6, 6.07) is 0. The highest BCUT2D eigenvalue weighted by atomic mass is 32.2. The summed E-state index contributed by atoms with van der Waals surface area (Å²) < 4.78 is 4.89. The molecular formula is C11H19NO4S. The first-order valence-corrected chi connectivity index (χ1v) is 6.92. The number of rotatable bonds is 7. The van der Waals surface area contributed by atoms with Crippen LogP contribution >= 0.6 is 11.8 Å². The first-order chi connectivity index (χ1) is 8.08. The van der Waals surface area contributed by atoms with Crippen LogP contribution in [0.4, 0.5) is 0 Å². The van der Waals surface area contributed by atoms with Gasteiger partial charge in [0, 0.05) is 11.3 Å². The van der Waals surface area contributed by atoms with Crippen LogP contribution < -0.4 is 5.32 Å². The smallest absolute Gasteiger partial charge is 0.329 e. The van der Waals surface area contributed by atoms with E-state index in [0.717, 1.165) is 12.8 Å². The van der Waals surface area contributed by atoms with Crippen molar-refractivity contribution in [3.05, 3.63) is 0 Å². The molecule has 0 saturated heterocycles. The maximum Gasteiger partial charge on any atom is 0.329 e. The molecular weight excluding hydrogens is 242 g/mol. The van der Waals surface area contributed by atoms with Crippen molar-refractivity contribution in [1.29, 1.82) is 0 Å². The molecule has 98 valence electrons. The zero-order valence-corrected chi connectivity index (χ0v) is 10.8. The largest absolute Gasteiger partial charge is 0.480 e. The predicted molar refractivity (Wildman–Crippen MR) is 66.2 cm³/mol. The highest BCUT2D eigenvalue weighted by Crippen LogP contribution is 2.39. The number of carbonyl (C=O) groups excluding carboxylic acids is 1. The molecule has 1 fully saturated rings. The molecule has 5 nitrogen and oxygen atoms in total. The number of carbonyl (C=O) groups is 2. The average molecular weight is 261 g/mol. The van der Waals surface area contributed by atoms with Gasteiger partial charge in [0.25, 0.3) is 0 Å². The van der Waals surface area contributed by atoms with E-state index in [0.29, 0.717) is 6.54 Å². The van der Waals surface area contributed by atoms with E-state index in [4.69, 9.17) is 9.84 Å². The topological polar surface area (TPSA) is 75.6 Å². The molecule has 1 saturated carbocycles. The van der Waals surface area contributed by atoms with E-state index in [1.807, 2.05) is 0 Å². The molecule has 0 bridgehead atoms. The maximum atomic E-state index is 11.4. The number of amides is 1. The molecule has 1 aliphatic carbocycles. The summed E-state index contributed by atoms with van der Waals surface area (Å²) in [7, 11) is 0. The summed E-state index contributed by atoms with van der Waals surface area (Å²) in [5.74, 6) is -1.30. The van der Waals surface area contributed by atoms with Gasteiger partial charge in [-0.1, -0.05) is 12.8 Å². The number of nitrogens with one attached hydrogen (secondary N) is 1. The molecule has 0 unspecified atom stereocenters. The van der Waals surface area contributed by atoms with Crippen molar-refractivity contribution in [3.63, 3.8) is 0 Å². The lowest BCUT2D eigenvalue weighted by molar-refractivity contribution is -0.143. The second kappa shape index (κ2) is 6.86. The molecule has 0 aromatic heterocycles. The van der Waals surface area contributed by atoms with Gasteiger partial charge in [-0.2, -0.15) is 11.8 Å². The van der Waals surface area contributed by atoms with Crippen LogP contribution in [0.15, 0.2) is 0 Å². The minimum absolute atomic E-state index is 0.169. The number of ether oxygens (including phenoxy) is 1. The lowest BCUT2D eigenvalue weighted by Gasteiger charge is -2.26. The molecule has 17 heavy (non-hydrogen) atoms. The summed E-state index contributed by atoms with van der Waals surface area (Å²) in [5, 5.41) is 11.2. The normalized spacial score (nSPS) is 17.9. The maximum absolute atomic E-state index is 11.4. The summed E-state index contributed by atoms with van der Waals surface area (Å²) in [5.41, 5.74) is 0. The molecule has 1 rings (SSSR count). The minimum atomic E-state index is -1.06. The minimum Gasteiger partial charge on any atom is -0.480 e. The third kappa shape index (κ3) is 4.95. The third-order valence-electron chi connectivity index (χ3n) is 3.01. The number of carboxylic acids is 1. The molecule has 0 aromatic rings. The SMILES string of the molecule is CSC1(CNC(=O)COCC(=O)O)CCCC1. The summed E-state index contributed by atoms with van der Waals surface area (Å²) in [6.07, 6.45) is 6.76.